The minimum absolute atomic E-state index is 0.0243. The molecule has 1 aliphatic carbocycles. The first kappa shape index (κ1) is 41.2. The van der Waals surface area contributed by atoms with Gasteiger partial charge in [0.25, 0.3) is 17.4 Å². The molecule has 0 spiro atoms. The minimum Gasteiger partial charge on any atom is -0.489 e. The van der Waals surface area contributed by atoms with Gasteiger partial charge in [0.2, 0.25) is 17.5 Å². The summed E-state index contributed by atoms with van der Waals surface area (Å²) in [6.07, 6.45) is 3.60. The molecule has 1 unspecified atom stereocenters. The minimum atomic E-state index is -0.801. The highest BCUT2D eigenvalue weighted by atomic mass is 35.5. The highest BCUT2D eigenvalue weighted by molar-refractivity contribution is 6.33. The molecule has 314 valence electrons. The van der Waals surface area contributed by atoms with Crippen LogP contribution in [0.2, 0.25) is 5.02 Å². The van der Waals surface area contributed by atoms with Crippen LogP contribution in [-0.4, -0.2) is 95.3 Å². The molecule has 4 aromatic rings. The highest BCUT2D eigenvalue weighted by Gasteiger charge is 2.64. The van der Waals surface area contributed by atoms with Gasteiger partial charge in [0, 0.05) is 80.2 Å². The molecule has 0 bridgehead atoms. The van der Waals surface area contributed by atoms with Gasteiger partial charge in [-0.05, 0) is 67.6 Å². The third-order valence-corrected chi connectivity index (χ3v) is 13.3. The van der Waals surface area contributed by atoms with Crippen LogP contribution < -0.4 is 30.7 Å². The maximum absolute atomic E-state index is 15.6. The van der Waals surface area contributed by atoms with Crippen molar-refractivity contribution in [2.45, 2.75) is 71.6 Å². The number of aromatic nitrogens is 3. The quantitative estimate of drug-likeness (QED) is 0.121. The second-order valence-electron chi connectivity index (χ2n) is 17.6. The number of nitrogens with zero attached hydrogens (tertiary/aromatic N) is 7. The number of piperidine rings is 2. The lowest BCUT2D eigenvalue weighted by Crippen LogP contribution is -2.74. The predicted octanol–water partition coefficient (Wildman–Crippen LogP) is 5.76. The van der Waals surface area contributed by atoms with E-state index in [-0.39, 0.29) is 42.1 Å². The van der Waals surface area contributed by atoms with Crippen molar-refractivity contribution in [3.8, 4) is 5.75 Å². The van der Waals surface area contributed by atoms with Crippen molar-refractivity contribution >= 4 is 57.2 Å². The summed E-state index contributed by atoms with van der Waals surface area (Å²) in [6.45, 7) is 21.1. The zero-order chi connectivity index (χ0) is 42.5. The van der Waals surface area contributed by atoms with E-state index in [0.29, 0.717) is 51.9 Å². The van der Waals surface area contributed by atoms with Gasteiger partial charge in [0.05, 0.1) is 28.9 Å². The van der Waals surface area contributed by atoms with E-state index in [0.717, 1.165) is 51.3 Å². The number of hydrogen-bond acceptors (Lipinski definition) is 10. The van der Waals surface area contributed by atoms with Crippen LogP contribution in [0.25, 0.3) is 15.6 Å². The predicted molar refractivity (Wildman–Crippen MR) is 226 cm³/mol. The van der Waals surface area contributed by atoms with Crippen LogP contribution in [0.15, 0.2) is 59.5 Å². The molecule has 2 aromatic carbocycles. The molecule has 2 N–H and O–H groups in total. The zero-order valence-corrected chi connectivity index (χ0v) is 35.0. The Bertz CT molecular complexity index is 2440. The fraction of sp³-hybridized carbons (Fsp3) is 0.477. The monoisotopic (exact) mass is 837 g/mol. The highest BCUT2D eigenvalue weighted by Crippen LogP contribution is 2.55. The third-order valence-electron chi connectivity index (χ3n) is 13.0. The molecule has 1 atom stereocenters. The number of halogens is 2. The molecule has 8 rings (SSSR count). The third kappa shape index (κ3) is 7.78. The molecule has 5 heterocycles. The number of piperazine rings is 1. The smallest absolute Gasteiger partial charge is 0.275 e. The lowest BCUT2D eigenvalue weighted by Gasteiger charge is -2.63. The molecular weight excluding hydrogens is 789 g/mol. The second kappa shape index (κ2) is 16.1. The Hall–Kier alpha value is -5.59. The van der Waals surface area contributed by atoms with E-state index in [9.17, 15) is 19.2 Å². The Morgan fingerprint density at radius 2 is 1.70 bits per heavy atom. The molecule has 4 fully saturated rings. The number of fused-ring (bicyclic) bond motifs is 1. The average molecular weight is 838 g/mol. The Morgan fingerprint density at radius 3 is 2.37 bits per heavy atom. The van der Waals surface area contributed by atoms with Gasteiger partial charge in [-0.25, -0.2) is 14.5 Å². The maximum Gasteiger partial charge on any atom is 0.275 e. The van der Waals surface area contributed by atoms with Crippen LogP contribution in [0.3, 0.4) is 0 Å². The van der Waals surface area contributed by atoms with Crippen molar-refractivity contribution in [2.75, 3.05) is 55.6 Å². The summed E-state index contributed by atoms with van der Waals surface area (Å²) in [7, 11) is 0. The van der Waals surface area contributed by atoms with Crippen molar-refractivity contribution in [3.63, 3.8) is 0 Å². The first-order valence-corrected chi connectivity index (χ1v) is 20.9. The number of pyridine rings is 1. The Morgan fingerprint density at radius 1 is 0.967 bits per heavy atom. The van der Waals surface area contributed by atoms with Crippen LogP contribution in [-0.2, 0) is 9.59 Å². The van der Waals surface area contributed by atoms with Crippen LogP contribution in [0.1, 0.15) is 69.9 Å². The molecule has 2 aromatic heterocycles. The molecule has 14 nitrogen and oxygen atoms in total. The Balaban J connectivity index is 0.808. The number of carbonyl (C=O) groups is 3. The molecule has 0 radical (unpaired) electrons. The molecule has 3 amide bonds. The van der Waals surface area contributed by atoms with Gasteiger partial charge in [0.1, 0.15) is 23.6 Å². The van der Waals surface area contributed by atoms with E-state index < -0.39 is 34.6 Å². The Kier molecular flexibility index (Phi) is 11.1. The van der Waals surface area contributed by atoms with Gasteiger partial charge in [-0.1, -0.05) is 45.4 Å². The van der Waals surface area contributed by atoms with Crippen molar-refractivity contribution in [3.05, 3.63) is 93.2 Å². The summed E-state index contributed by atoms with van der Waals surface area (Å²) in [4.78, 5) is 64.9. The lowest BCUT2D eigenvalue weighted by atomic mass is 9.49. The summed E-state index contributed by atoms with van der Waals surface area (Å²) >= 11 is 6.24. The van der Waals surface area contributed by atoms with E-state index in [1.807, 2.05) is 44.7 Å². The summed E-state index contributed by atoms with van der Waals surface area (Å²) < 4.78 is 23.1. The molecule has 4 aliphatic rings. The fourth-order valence-electron chi connectivity index (χ4n) is 9.98. The molecule has 1 saturated carbocycles. The topological polar surface area (TPSA) is 146 Å². The molecule has 3 saturated heterocycles. The van der Waals surface area contributed by atoms with Crippen molar-refractivity contribution in [2.24, 2.45) is 16.7 Å². The van der Waals surface area contributed by atoms with E-state index in [4.69, 9.17) is 22.9 Å². The lowest BCUT2D eigenvalue weighted by molar-refractivity contribution is -0.164. The maximum atomic E-state index is 15.6. The molecule has 60 heavy (non-hydrogen) atoms. The molecule has 3 aliphatic heterocycles. The first-order chi connectivity index (χ1) is 28.6. The van der Waals surface area contributed by atoms with Gasteiger partial charge in [-0.15, -0.1) is 0 Å². The van der Waals surface area contributed by atoms with Gasteiger partial charge < -0.3 is 19.9 Å². The van der Waals surface area contributed by atoms with Crippen LogP contribution in [0, 0.1) is 29.3 Å². The second-order valence-corrected chi connectivity index (χ2v) is 18.0. The number of anilines is 2. The van der Waals surface area contributed by atoms with Gasteiger partial charge >= 0.3 is 0 Å². The number of benzene rings is 2. The number of nitrogens with one attached hydrogen (secondary N) is 2. The number of carbonyl (C=O) groups excluding carboxylic acids is 3. The van der Waals surface area contributed by atoms with Gasteiger partial charge in [-0.3, -0.25) is 29.4 Å². The van der Waals surface area contributed by atoms with Crippen LogP contribution >= 0.6 is 11.6 Å². The number of amides is 3. The largest absolute Gasteiger partial charge is 0.489 e. The van der Waals surface area contributed by atoms with Crippen LogP contribution in [0.5, 0.6) is 5.75 Å². The van der Waals surface area contributed by atoms with Crippen LogP contribution in [0.4, 0.5) is 21.5 Å². The van der Waals surface area contributed by atoms with Gasteiger partial charge in [0.15, 0.2) is 0 Å². The summed E-state index contributed by atoms with van der Waals surface area (Å²) in [5.41, 5.74) is 0.510. The van der Waals surface area contributed by atoms with Crippen molar-refractivity contribution in [1.82, 2.24) is 30.3 Å². The van der Waals surface area contributed by atoms with Crippen molar-refractivity contribution < 1.29 is 23.5 Å². The van der Waals surface area contributed by atoms with Crippen molar-refractivity contribution in [1.29, 1.82) is 0 Å². The number of imide groups is 1. The standard InChI is InChI=1S/C44H49ClFN9O5/c1-43(2)41(44(3,4)42(43)60-29-7-9-32(47-5)31(45)23-29)51-38(57)33-10-11-34(37(46)49-33)54-16-14-26(15-17-54)25-52-18-20-53(21-19-52)28-6-8-30-27(22-28)24-48-55(40(30)59)35-12-13-36(56)50-39(35)58/h6-11,22-24,26,35,41-42H,12-21,25H2,1-4H3,(H,51,57)(H,50,56,58). The number of rotatable bonds is 9. The average Bonchev–Trinajstić information content (AvgIpc) is 3.22. The number of ether oxygens (including phenoxy) is 1. The summed E-state index contributed by atoms with van der Waals surface area (Å²) in [6, 6.07) is 12.9. The Labute approximate surface area is 352 Å². The first-order valence-electron chi connectivity index (χ1n) is 20.5. The van der Waals surface area contributed by atoms with Gasteiger partial charge in [-0.2, -0.15) is 9.49 Å². The van der Waals surface area contributed by atoms with E-state index >= 15 is 4.39 Å². The normalized spacial score (nSPS) is 23.1. The van der Waals surface area contributed by atoms with E-state index in [1.165, 1.54) is 4.68 Å². The zero-order valence-electron chi connectivity index (χ0n) is 34.2. The molecular formula is C44H49ClFN9O5. The number of hydrogen-bond donors (Lipinski definition) is 2. The SMILES string of the molecule is [C-]#[N+]c1ccc(OC2C(C)(C)C(NC(=O)c3ccc(N4CCC(CN5CCN(c6ccc7c(=O)n(C8CCC(=O)NC8=O)ncc7c6)CC5)CC4)c(F)n3)C2(C)C)cc1Cl. The summed E-state index contributed by atoms with van der Waals surface area (Å²) in [5.74, 6) is -0.918. The summed E-state index contributed by atoms with van der Waals surface area (Å²) in [5, 5.41) is 11.2. The van der Waals surface area contributed by atoms with E-state index in [1.54, 1.807) is 42.6 Å². The van der Waals surface area contributed by atoms with E-state index in [2.05, 4.69) is 35.4 Å². The molecule has 16 heteroatoms. The fourth-order valence-corrected chi connectivity index (χ4v) is 10.2.